The Hall–Kier alpha value is -1.70. The average molecular weight is 312 g/mol. The molecule has 0 radical (unpaired) electrons. The number of nitrogens with zero attached hydrogens (tertiary/aromatic N) is 4. The van der Waals surface area contributed by atoms with Crippen LogP contribution in [0.2, 0.25) is 0 Å². The van der Waals surface area contributed by atoms with Gasteiger partial charge < -0.3 is 14.9 Å². The van der Waals surface area contributed by atoms with Crippen LogP contribution in [0.15, 0.2) is 0 Å². The Balaban J connectivity index is 2.03. The molecule has 1 N–H and O–H groups in total. The van der Waals surface area contributed by atoms with Crippen molar-refractivity contribution in [1.29, 1.82) is 0 Å². The fourth-order valence-corrected chi connectivity index (χ4v) is 3.02. The molecule has 0 bridgehead atoms. The molecule has 0 unspecified atom stereocenters. The third kappa shape index (κ3) is 4.38. The number of hydrogen-bond donors (Lipinski definition) is 1. The number of hydrogen-bond acceptors (Lipinski definition) is 6. The van der Waals surface area contributed by atoms with Crippen molar-refractivity contribution in [2.45, 2.75) is 32.6 Å². The van der Waals surface area contributed by atoms with Crippen molar-refractivity contribution in [3.8, 4) is 0 Å². The van der Waals surface area contributed by atoms with Gasteiger partial charge in [0.05, 0.1) is 13.0 Å². The molecule has 2 heterocycles. The molecule has 1 aliphatic heterocycles. The van der Waals surface area contributed by atoms with E-state index >= 15 is 0 Å². The number of rotatable bonds is 7. The molecule has 1 amide bonds. The Labute approximate surface area is 127 Å². The van der Waals surface area contributed by atoms with E-state index in [1.54, 1.807) is 4.90 Å². The molecule has 7 nitrogen and oxygen atoms in total. The monoisotopic (exact) mass is 312 g/mol. The highest BCUT2D eigenvalue weighted by Gasteiger charge is 2.22. The quantitative estimate of drug-likeness (QED) is 0.808. The molecule has 21 heavy (non-hydrogen) atoms. The Morgan fingerprint density at radius 1 is 1.33 bits per heavy atom. The van der Waals surface area contributed by atoms with Gasteiger partial charge in [-0.25, -0.2) is 0 Å². The molecule has 2 rings (SSSR count). The predicted molar refractivity (Wildman–Crippen MR) is 79.6 cm³/mol. The number of aryl methyl sites for hydroxylation is 1. The van der Waals surface area contributed by atoms with Crippen LogP contribution >= 0.6 is 11.3 Å². The van der Waals surface area contributed by atoms with E-state index < -0.39 is 5.97 Å². The molecule has 0 spiro atoms. The van der Waals surface area contributed by atoms with E-state index in [0.29, 0.717) is 5.13 Å². The maximum atomic E-state index is 12.2. The molecule has 0 aromatic carbocycles. The van der Waals surface area contributed by atoms with Gasteiger partial charge >= 0.3 is 5.97 Å². The smallest absolute Gasteiger partial charge is 0.305 e. The minimum absolute atomic E-state index is 0.0195. The van der Waals surface area contributed by atoms with E-state index in [4.69, 9.17) is 5.11 Å². The summed E-state index contributed by atoms with van der Waals surface area (Å²) >= 11 is 1.42. The zero-order valence-electron chi connectivity index (χ0n) is 12.1. The van der Waals surface area contributed by atoms with Crippen LogP contribution in [-0.4, -0.2) is 58.3 Å². The molecule has 1 fully saturated rings. The van der Waals surface area contributed by atoms with Crippen LogP contribution in [0.1, 0.15) is 31.2 Å². The third-order valence-electron chi connectivity index (χ3n) is 3.41. The standard InChI is InChI=1S/C13H20N4O3S/c1-2-10-14-15-13(21-10)17(8-5-12(19)20)9-11(18)16-6-3-4-7-16/h2-9H2,1H3,(H,19,20). The lowest BCUT2D eigenvalue weighted by atomic mass is 10.3. The van der Waals surface area contributed by atoms with E-state index in [1.165, 1.54) is 11.3 Å². The van der Waals surface area contributed by atoms with E-state index in [2.05, 4.69) is 10.2 Å². The first-order valence-corrected chi connectivity index (χ1v) is 7.98. The SMILES string of the molecule is CCc1nnc(N(CCC(=O)O)CC(=O)N2CCCC2)s1. The summed E-state index contributed by atoms with van der Waals surface area (Å²) in [4.78, 5) is 26.6. The summed E-state index contributed by atoms with van der Waals surface area (Å²) in [5.41, 5.74) is 0. The van der Waals surface area contributed by atoms with E-state index in [0.717, 1.165) is 37.4 Å². The summed E-state index contributed by atoms with van der Waals surface area (Å²) in [6, 6.07) is 0. The van der Waals surface area contributed by atoms with Crippen LogP contribution in [-0.2, 0) is 16.0 Å². The molecule has 0 saturated carbocycles. The number of aliphatic carboxylic acids is 1. The molecular formula is C13H20N4O3S. The van der Waals surface area contributed by atoms with Crippen LogP contribution in [0.25, 0.3) is 0 Å². The van der Waals surface area contributed by atoms with Gasteiger partial charge in [-0.2, -0.15) is 0 Å². The number of carbonyl (C=O) groups is 2. The lowest BCUT2D eigenvalue weighted by Gasteiger charge is -2.23. The Kier molecular flexibility index (Phi) is 5.49. The van der Waals surface area contributed by atoms with Crippen LogP contribution in [0.3, 0.4) is 0 Å². The lowest BCUT2D eigenvalue weighted by Crippen LogP contribution is -2.40. The number of likely N-dealkylation sites (tertiary alicyclic amines) is 1. The van der Waals surface area contributed by atoms with Gasteiger partial charge in [-0.15, -0.1) is 10.2 Å². The zero-order chi connectivity index (χ0) is 15.2. The second kappa shape index (κ2) is 7.35. The number of anilines is 1. The van der Waals surface area contributed by atoms with Crippen molar-refractivity contribution < 1.29 is 14.7 Å². The molecule has 0 aliphatic carbocycles. The fraction of sp³-hybridized carbons (Fsp3) is 0.692. The highest BCUT2D eigenvalue weighted by atomic mass is 32.1. The van der Waals surface area contributed by atoms with Gasteiger partial charge in [0, 0.05) is 19.6 Å². The van der Waals surface area contributed by atoms with Gasteiger partial charge in [-0.05, 0) is 19.3 Å². The van der Waals surface area contributed by atoms with Crippen LogP contribution in [0.4, 0.5) is 5.13 Å². The largest absolute Gasteiger partial charge is 0.481 e. The van der Waals surface area contributed by atoms with Gasteiger partial charge in [0.15, 0.2) is 0 Å². The first-order valence-electron chi connectivity index (χ1n) is 7.17. The minimum atomic E-state index is -0.881. The van der Waals surface area contributed by atoms with Crippen molar-refractivity contribution in [2.24, 2.45) is 0 Å². The predicted octanol–water partition coefficient (Wildman–Crippen LogP) is 1.00. The number of carboxylic acid groups (broad SMARTS) is 1. The molecule has 0 atom stereocenters. The second-order valence-electron chi connectivity index (χ2n) is 4.99. The Morgan fingerprint density at radius 2 is 2.05 bits per heavy atom. The first kappa shape index (κ1) is 15.7. The normalized spacial score (nSPS) is 14.4. The van der Waals surface area contributed by atoms with Crippen molar-refractivity contribution in [2.75, 3.05) is 31.1 Å². The number of carbonyl (C=O) groups excluding carboxylic acids is 1. The van der Waals surface area contributed by atoms with E-state index in [9.17, 15) is 9.59 Å². The summed E-state index contributed by atoms with van der Waals surface area (Å²) in [6.45, 7) is 4.02. The highest BCUT2D eigenvalue weighted by Crippen LogP contribution is 2.21. The van der Waals surface area contributed by atoms with Crippen molar-refractivity contribution in [3.05, 3.63) is 5.01 Å². The van der Waals surface area contributed by atoms with Gasteiger partial charge in [0.2, 0.25) is 11.0 Å². The van der Waals surface area contributed by atoms with Crippen molar-refractivity contribution >= 4 is 28.3 Å². The molecule has 1 aromatic heterocycles. The molecule has 116 valence electrons. The minimum Gasteiger partial charge on any atom is -0.481 e. The lowest BCUT2D eigenvalue weighted by molar-refractivity contribution is -0.137. The zero-order valence-corrected chi connectivity index (χ0v) is 12.9. The Bertz CT molecular complexity index is 499. The maximum Gasteiger partial charge on any atom is 0.305 e. The van der Waals surface area contributed by atoms with Gasteiger partial charge in [-0.1, -0.05) is 18.3 Å². The molecule has 1 aliphatic rings. The van der Waals surface area contributed by atoms with Gasteiger partial charge in [0.1, 0.15) is 5.01 Å². The summed E-state index contributed by atoms with van der Waals surface area (Å²) in [5, 5.41) is 18.5. The highest BCUT2D eigenvalue weighted by molar-refractivity contribution is 7.15. The van der Waals surface area contributed by atoms with Gasteiger partial charge in [-0.3, -0.25) is 9.59 Å². The first-order chi connectivity index (χ1) is 10.1. The maximum absolute atomic E-state index is 12.2. The summed E-state index contributed by atoms with van der Waals surface area (Å²) in [6.07, 6.45) is 2.85. The number of aromatic nitrogens is 2. The van der Waals surface area contributed by atoms with Crippen LogP contribution in [0.5, 0.6) is 0 Å². The summed E-state index contributed by atoms with van der Waals surface area (Å²) < 4.78 is 0. The molecular weight excluding hydrogens is 292 g/mol. The second-order valence-corrected chi connectivity index (χ2v) is 6.03. The average Bonchev–Trinajstić information content (AvgIpc) is 3.13. The Morgan fingerprint density at radius 3 is 2.62 bits per heavy atom. The number of carboxylic acids is 1. The van der Waals surface area contributed by atoms with Crippen molar-refractivity contribution in [1.82, 2.24) is 15.1 Å². The number of amides is 1. The summed E-state index contributed by atoms with van der Waals surface area (Å²) in [7, 11) is 0. The molecule has 1 aromatic rings. The van der Waals surface area contributed by atoms with Gasteiger partial charge in [0.25, 0.3) is 0 Å². The summed E-state index contributed by atoms with van der Waals surface area (Å²) in [5.74, 6) is -0.847. The van der Waals surface area contributed by atoms with E-state index in [-0.39, 0.29) is 25.4 Å². The van der Waals surface area contributed by atoms with E-state index in [1.807, 2.05) is 11.8 Å². The third-order valence-corrected chi connectivity index (χ3v) is 4.54. The topological polar surface area (TPSA) is 86.6 Å². The molecule has 1 saturated heterocycles. The molecule has 8 heteroatoms. The van der Waals surface area contributed by atoms with Crippen LogP contribution in [0, 0.1) is 0 Å². The fourth-order valence-electron chi connectivity index (χ4n) is 2.22. The van der Waals surface area contributed by atoms with Crippen molar-refractivity contribution in [3.63, 3.8) is 0 Å². The van der Waals surface area contributed by atoms with Crippen LogP contribution < -0.4 is 4.90 Å².